The van der Waals surface area contributed by atoms with Gasteiger partial charge in [-0.15, -0.1) is 11.8 Å². The molecule has 0 fully saturated rings. The molecule has 0 saturated heterocycles. The van der Waals surface area contributed by atoms with Crippen LogP contribution in [0.2, 0.25) is 0 Å². The predicted octanol–water partition coefficient (Wildman–Crippen LogP) is 2.05. The Hall–Kier alpha value is -1.01. The largest absolute Gasteiger partial charge is 0.481 e. The molecule has 0 heterocycles. The number of sulfone groups is 1. The minimum Gasteiger partial charge on any atom is -0.481 e. The van der Waals surface area contributed by atoms with E-state index in [-0.39, 0.29) is 11.5 Å². The molecule has 1 N–H and O–H groups in total. The number of rotatable bonds is 6. The van der Waals surface area contributed by atoms with Crippen LogP contribution in [0.5, 0.6) is 0 Å². The molecule has 0 aliphatic carbocycles. The van der Waals surface area contributed by atoms with Crippen LogP contribution in [-0.2, 0) is 14.6 Å². The van der Waals surface area contributed by atoms with Crippen LogP contribution in [0.25, 0.3) is 0 Å². The molecule has 0 atom stereocenters. The predicted molar refractivity (Wildman–Crippen MR) is 67.1 cm³/mol. The van der Waals surface area contributed by atoms with Crippen LogP contribution in [0.3, 0.4) is 0 Å². The fourth-order valence-electron chi connectivity index (χ4n) is 1.27. The van der Waals surface area contributed by atoms with Crippen LogP contribution in [0.4, 0.5) is 0 Å². The molecule has 0 radical (unpaired) electrons. The van der Waals surface area contributed by atoms with E-state index in [4.69, 9.17) is 5.11 Å². The first kappa shape index (κ1) is 14.1. The molecule has 0 saturated carbocycles. The van der Waals surface area contributed by atoms with Gasteiger partial charge >= 0.3 is 5.97 Å². The van der Waals surface area contributed by atoms with E-state index in [9.17, 15) is 13.2 Å². The van der Waals surface area contributed by atoms with Gasteiger partial charge in [-0.25, -0.2) is 8.42 Å². The Balaban J connectivity index is 2.78. The molecule has 0 amide bonds. The van der Waals surface area contributed by atoms with E-state index >= 15 is 0 Å². The maximum absolute atomic E-state index is 11.7. The molecule has 17 heavy (non-hydrogen) atoms. The van der Waals surface area contributed by atoms with Crippen molar-refractivity contribution in [1.82, 2.24) is 0 Å². The highest BCUT2D eigenvalue weighted by Crippen LogP contribution is 2.20. The summed E-state index contributed by atoms with van der Waals surface area (Å²) in [6.45, 7) is 1.81. The Bertz CT molecular complexity index is 477. The maximum atomic E-state index is 11.7. The number of carbonyl (C=O) groups is 1. The molecular formula is C11H14O4S2. The molecule has 0 aromatic heterocycles. The van der Waals surface area contributed by atoms with Crippen LogP contribution < -0.4 is 0 Å². The summed E-state index contributed by atoms with van der Waals surface area (Å²) in [5.74, 6) is -0.784. The first-order chi connectivity index (χ1) is 7.95. The third kappa shape index (κ3) is 4.40. The smallest absolute Gasteiger partial charge is 0.313 e. The topological polar surface area (TPSA) is 71.4 Å². The van der Waals surface area contributed by atoms with Gasteiger partial charge in [0.05, 0.1) is 16.4 Å². The summed E-state index contributed by atoms with van der Waals surface area (Å²) in [4.78, 5) is 11.4. The summed E-state index contributed by atoms with van der Waals surface area (Å²) < 4.78 is 23.4. The third-order valence-electron chi connectivity index (χ3n) is 2.02. The monoisotopic (exact) mass is 274 g/mol. The minimum atomic E-state index is -3.18. The quantitative estimate of drug-likeness (QED) is 0.804. The zero-order chi connectivity index (χ0) is 12.9. The van der Waals surface area contributed by atoms with Crippen LogP contribution in [0.15, 0.2) is 34.1 Å². The molecule has 0 bridgehead atoms. The van der Waals surface area contributed by atoms with Crippen molar-refractivity contribution in [2.75, 3.05) is 11.5 Å². The van der Waals surface area contributed by atoms with Crippen molar-refractivity contribution in [2.24, 2.45) is 0 Å². The van der Waals surface area contributed by atoms with E-state index in [1.54, 1.807) is 12.1 Å². The fraction of sp³-hybridized carbons (Fsp3) is 0.364. The molecule has 0 aliphatic rings. The SMILES string of the molecule is CCCS(=O)(=O)c1ccc(SCC(=O)O)cc1. The van der Waals surface area contributed by atoms with Crippen molar-refractivity contribution in [3.63, 3.8) is 0 Å². The lowest BCUT2D eigenvalue weighted by molar-refractivity contribution is -0.133. The fourth-order valence-corrected chi connectivity index (χ4v) is 3.22. The van der Waals surface area contributed by atoms with Gasteiger partial charge in [-0.3, -0.25) is 4.79 Å². The standard InChI is InChI=1S/C11H14O4S2/c1-2-7-17(14,15)10-5-3-9(4-6-10)16-8-11(12)13/h3-6H,2,7-8H2,1H3,(H,12,13). The van der Waals surface area contributed by atoms with Crippen molar-refractivity contribution in [2.45, 2.75) is 23.1 Å². The average Bonchev–Trinajstić information content (AvgIpc) is 2.27. The number of hydrogen-bond acceptors (Lipinski definition) is 4. The highest BCUT2D eigenvalue weighted by Gasteiger charge is 2.12. The van der Waals surface area contributed by atoms with Crippen LogP contribution in [0, 0.1) is 0 Å². The van der Waals surface area contributed by atoms with E-state index in [2.05, 4.69) is 0 Å². The van der Waals surface area contributed by atoms with E-state index in [1.165, 1.54) is 23.9 Å². The minimum absolute atomic E-state index is 0.0267. The second kappa shape index (κ2) is 6.07. The Morgan fingerprint density at radius 1 is 1.29 bits per heavy atom. The van der Waals surface area contributed by atoms with Crippen LogP contribution in [-0.4, -0.2) is 31.0 Å². The zero-order valence-corrected chi connectivity index (χ0v) is 11.1. The molecule has 6 heteroatoms. The summed E-state index contributed by atoms with van der Waals surface area (Å²) in [6, 6.07) is 6.32. The summed E-state index contributed by atoms with van der Waals surface area (Å²) in [7, 11) is -3.18. The molecule has 0 aliphatic heterocycles. The number of thioether (sulfide) groups is 1. The Morgan fingerprint density at radius 3 is 2.35 bits per heavy atom. The first-order valence-electron chi connectivity index (χ1n) is 5.13. The van der Waals surface area contributed by atoms with Crippen molar-refractivity contribution in [3.8, 4) is 0 Å². The summed E-state index contributed by atoms with van der Waals surface area (Å²) >= 11 is 1.17. The van der Waals surface area contributed by atoms with E-state index in [1.807, 2.05) is 6.92 Å². The number of hydrogen-bond donors (Lipinski definition) is 1. The van der Waals surface area contributed by atoms with Gasteiger partial charge in [0.2, 0.25) is 0 Å². The first-order valence-corrected chi connectivity index (χ1v) is 7.77. The lowest BCUT2D eigenvalue weighted by atomic mass is 10.4. The third-order valence-corrected chi connectivity index (χ3v) is 4.95. The molecule has 4 nitrogen and oxygen atoms in total. The molecule has 1 aromatic rings. The lowest BCUT2D eigenvalue weighted by Crippen LogP contribution is -2.05. The summed E-state index contributed by atoms with van der Waals surface area (Å²) in [5, 5.41) is 8.51. The second-order valence-electron chi connectivity index (χ2n) is 3.47. The molecule has 94 valence electrons. The Morgan fingerprint density at radius 2 is 1.88 bits per heavy atom. The van der Waals surface area contributed by atoms with Crippen molar-refractivity contribution < 1.29 is 18.3 Å². The zero-order valence-electron chi connectivity index (χ0n) is 9.42. The maximum Gasteiger partial charge on any atom is 0.313 e. The van der Waals surface area contributed by atoms with Gasteiger partial charge in [0, 0.05) is 4.90 Å². The van der Waals surface area contributed by atoms with Gasteiger partial charge in [-0.2, -0.15) is 0 Å². The summed E-state index contributed by atoms with van der Waals surface area (Å²) in [6.07, 6.45) is 0.581. The van der Waals surface area contributed by atoms with Crippen LogP contribution >= 0.6 is 11.8 Å². The highest BCUT2D eigenvalue weighted by molar-refractivity contribution is 8.00. The van der Waals surface area contributed by atoms with Crippen molar-refractivity contribution in [3.05, 3.63) is 24.3 Å². The number of aliphatic carboxylic acids is 1. The van der Waals surface area contributed by atoms with Gasteiger partial charge in [0.15, 0.2) is 9.84 Å². The molecule has 1 rings (SSSR count). The average molecular weight is 274 g/mol. The molecule has 0 spiro atoms. The Labute approximate surface area is 105 Å². The lowest BCUT2D eigenvalue weighted by Gasteiger charge is -2.04. The van der Waals surface area contributed by atoms with E-state index in [0.29, 0.717) is 11.3 Å². The normalized spacial score (nSPS) is 11.4. The van der Waals surface area contributed by atoms with Gasteiger partial charge in [0.25, 0.3) is 0 Å². The molecular weight excluding hydrogens is 260 g/mol. The van der Waals surface area contributed by atoms with E-state index in [0.717, 1.165) is 4.90 Å². The van der Waals surface area contributed by atoms with Crippen molar-refractivity contribution >= 4 is 27.6 Å². The highest BCUT2D eigenvalue weighted by atomic mass is 32.2. The van der Waals surface area contributed by atoms with Gasteiger partial charge in [0.1, 0.15) is 0 Å². The number of carboxylic acid groups (broad SMARTS) is 1. The van der Waals surface area contributed by atoms with E-state index < -0.39 is 15.8 Å². The van der Waals surface area contributed by atoms with Gasteiger partial charge in [-0.05, 0) is 30.7 Å². The number of carboxylic acids is 1. The second-order valence-corrected chi connectivity index (χ2v) is 6.63. The van der Waals surface area contributed by atoms with Crippen molar-refractivity contribution in [1.29, 1.82) is 0 Å². The Kier molecular flexibility index (Phi) is 5.02. The van der Waals surface area contributed by atoms with Gasteiger partial charge in [-0.1, -0.05) is 6.92 Å². The summed E-state index contributed by atoms with van der Waals surface area (Å²) in [5.41, 5.74) is 0. The van der Waals surface area contributed by atoms with Crippen LogP contribution in [0.1, 0.15) is 13.3 Å². The number of benzene rings is 1. The molecule has 1 aromatic carbocycles. The molecule has 0 unspecified atom stereocenters. The van der Waals surface area contributed by atoms with Gasteiger partial charge < -0.3 is 5.11 Å².